The van der Waals surface area contributed by atoms with Gasteiger partial charge in [0.1, 0.15) is 22.7 Å². The zero-order valence-corrected chi connectivity index (χ0v) is 26.9. The minimum atomic E-state index is -2.20. The molecule has 0 N–H and O–H groups in total. The summed E-state index contributed by atoms with van der Waals surface area (Å²) >= 11 is 0. The van der Waals surface area contributed by atoms with E-state index in [2.05, 4.69) is 6.92 Å². The van der Waals surface area contributed by atoms with Gasteiger partial charge in [0.2, 0.25) is 5.78 Å². The molecule has 41 heavy (non-hydrogen) atoms. The van der Waals surface area contributed by atoms with Crippen molar-refractivity contribution in [3.8, 4) is 0 Å². The smallest absolute Gasteiger partial charge is 0.340 e. The van der Waals surface area contributed by atoms with Crippen LogP contribution in [-0.4, -0.2) is 51.9 Å². The Kier molecular flexibility index (Phi) is 11.2. The predicted octanol–water partition coefficient (Wildman–Crippen LogP) is 6.50. The summed E-state index contributed by atoms with van der Waals surface area (Å²) in [5, 5.41) is 0. The van der Waals surface area contributed by atoms with Gasteiger partial charge >= 0.3 is 17.9 Å². The normalized spacial score (nSPS) is 24.7. The lowest BCUT2D eigenvalue weighted by atomic mass is 9.82. The first-order valence-corrected chi connectivity index (χ1v) is 15.0. The van der Waals surface area contributed by atoms with E-state index in [9.17, 15) is 19.2 Å². The molecule has 0 aromatic heterocycles. The first-order valence-electron chi connectivity index (χ1n) is 15.0. The van der Waals surface area contributed by atoms with Gasteiger partial charge in [-0.25, -0.2) is 4.79 Å². The minimum absolute atomic E-state index is 0.306. The van der Waals surface area contributed by atoms with Crippen LogP contribution in [0.2, 0.25) is 0 Å². The fourth-order valence-corrected chi connectivity index (χ4v) is 5.03. The number of Topliss-reactive ketones (excluding diaryl/α,β-unsaturated/α-hetero) is 1. The average Bonchev–Trinajstić information content (AvgIpc) is 3.27. The maximum Gasteiger partial charge on any atom is 0.340 e. The van der Waals surface area contributed by atoms with E-state index in [1.807, 2.05) is 0 Å². The van der Waals surface area contributed by atoms with Crippen LogP contribution in [0.3, 0.4) is 0 Å². The van der Waals surface area contributed by atoms with Crippen LogP contribution in [0.25, 0.3) is 0 Å². The van der Waals surface area contributed by atoms with E-state index >= 15 is 0 Å². The molecule has 0 aromatic carbocycles. The highest BCUT2D eigenvalue weighted by Crippen LogP contribution is 2.51. The molecule has 2 aliphatic heterocycles. The fourth-order valence-electron chi connectivity index (χ4n) is 5.03. The number of esters is 3. The number of ketones is 1. The van der Waals surface area contributed by atoms with Gasteiger partial charge in [-0.15, -0.1) is 0 Å². The van der Waals surface area contributed by atoms with Crippen LogP contribution >= 0.6 is 0 Å². The molecule has 0 saturated carbocycles. The highest BCUT2D eigenvalue weighted by Gasteiger charge is 2.70. The lowest BCUT2D eigenvalue weighted by Gasteiger charge is -2.35. The zero-order valence-electron chi connectivity index (χ0n) is 26.9. The third-order valence-electron chi connectivity index (χ3n) is 6.72. The summed E-state index contributed by atoms with van der Waals surface area (Å²) in [6.07, 6.45) is 8.51. The summed E-state index contributed by atoms with van der Waals surface area (Å²) in [6, 6.07) is 0. The Morgan fingerprint density at radius 2 is 1.37 bits per heavy atom. The lowest BCUT2D eigenvalue weighted by molar-refractivity contribution is -0.233. The van der Waals surface area contributed by atoms with Gasteiger partial charge in [0, 0.05) is 12.0 Å². The molecule has 1 saturated heterocycles. The van der Waals surface area contributed by atoms with E-state index in [0.717, 1.165) is 25.7 Å². The molecule has 2 rings (SSSR count). The summed E-state index contributed by atoms with van der Waals surface area (Å²) in [4.78, 5) is 54.4. The number of rotatable bonds is 12. The molecule has 0 aliphatic carbocycles. The Morgan fingerprint density at radius 3 is 1.90 bits per heavy atom. The molecular weight excluding hydrogens is 528 g/mol. The van der Waals surface area contributed by atoms with Crippen molar-refractivity contribution in [2.75, 3.05) is 0 Å². The van der Waals surface area contributed by atoms with E-state index in [1.54, 1.807) is 62.3 Å². The van der Waals surface area contributed by atoms with E-state index in [-0.39, 0.29) is 6.42 Å². The van der Waals surface area contributed by atoms with Gasteiger partial charge in [-0.2, -0.15) is 0 Å². The largest absolute Gasteiger partial charge is 0.462 e. The molecule has 9 heteroatoms. The van der Waals surface area contributed by atoms with E-state index in [4.69, 9.17) is 23.7 Å². The monoisotopic (exact) mass is 580 g/mol. The Morgan fingerprint density at radius 1 is 0.829 bits per heavy atom. The first kappa shape index (κ1) is 34.8. The van der Waals surface area contributed by atoms with Crippen LogP contribution in [0.4, 0.5) is 0 Å². The number of hydrogen-bond donors (Lipinski definition) is 0. The second kappa shape index (κ2) is 13.3. The van der Waals surface area contributed by atoms with Crippen LogP contribution in [0, 0.1) is 5.92 Å². The van der Waals surface area contributed by atoms with Crippen molar-refractivity contribution in [3.05, 3.63) is 11.8 Å². The molecule has 3 atom stereocenters. The number of unbranched alkanes of at least 4 members (excludes halogenated alkanes) is 6. The van der Waals surface area contributed by atoms with Crippen LogP contribution in [0.5, 0.6) is 0 Å². The van der Waals surface area contributed by atoms with Gasteiger partial charge in [-0.3, -0.25) is 14.4 Å². The van der Waals surface area contributed by atoms with E-state index < -0.39 is 64.2 Å². The van der Waals surface area contributed by atoms with Crippen molar-refractivity contribution in [3.63, 3.8) is 0 Å². The molecule has 0 bridgehead atoms. The molecule has 1 spiro atoms. The number of carbonyl (C=O) groups excluding carboxylic acids is 4. The topological polar surface area (TPSA) is 114 Å². The quantitative estimate of drug-likeness (QED) is 0.145. The molecule has 2 aliphatic rings. The van der Waals surface area contributed by atoms with Gasteiger partial charge in [-0.1, -0.05) is 45.4 Å². The number of ether oxygens (including phenoxy) is 5. The minimum Gasteiger partial charge on any atom is -0.462 e. The average molecular weight is 581 g/mol. The second-order valence-electron chi connectivity index (χ2n) is 14.3. The molecule has 0 aromatic rings. The lowest BCUT2D eigenvalue weighted by Crippen LogP contribution is -2.54. The molecular formula is C32H52O9. The Hall–Kier alpha value is -2.42. The van der Waals surface area contributed by atoms with Gasteiger partial charge < -0.3 is 23.7 Å². The van der Waals surface area contributed by atoms with Crippen LogP contribution in [-0.2, 0) is 42.9 Å². The summed E-state index contributed by atoms with van der Waals surface area (Å²) in [6.45, 7) is 17.3. The van der Waals surface area contributed by atoms with E-state index in [0.29, 0.717) is 12.0 Å². The van der Waals surface area contributed by atoms with Crippen molar-refractivity contribution >= 4 is 23.7 Å². The van der Waals surface area contributed by atoms with Crippen molar-refractivity contribution < 1.29 is 42.9 Å². The van der Waals surface area contributed by atoms with Gasteiger partial charge in [-0.05, 0) is 75.2 Å². The van der Waals surface area contributed by atoms with Gasteiger partial charge in [0.15, 0.2) is 5.60 Å². The van der Waals surface area contributed by atoms with Crippen LogP contribution in [0.1, 0.15) is 133 Å². The van der Waals surface area contributed by atoms with E-state index in [1.165, 1.54) is 25.5 Å². The fraction of sp³-hybridized carbons (Fsp3) is 0.812. The molecule has 234 valence electrons. The van der Waals surface area contributed by atoms with Gasteiger partial charge in [0.05, 0.1) is 12.7 Å². The maximum atomic E-state index is 13.9. The van der Waals surface area contributed by atoms with Crippen molar-refractivity contribution in [1.82, 2.24) is 0 Å². The third kappa shape index (κ3) is 9.83. The predicted molar refractivity (Wildman–Crippen MR) is 154 cm³/mol. The standard InChI is InChI=1S/C32H52O9/c1-11-12-13-14-15-16-17-18-22-21-37-32(25(22)34)19-23(26(35)39-29(5,6)7)31(41-32,27(36)40-30(8,9)10)20-24(33)38-28(2,3)4/h21,23H,11-20H2,1-10H3/t23-,31+,32-/m1/s1. The van der Waals surface area contributed by atoms with Crippen LogP contribution in [0.15, 0.2) is 11.8 Å². The highest BCUT2D eigenvalue weighted by atomic mass is 16.7. The number of carbonyl (C=O) groups is 4. The summed E-state index contributed by atoms with van der Waals surface area (Å²) in [5.41, 5.74) is -4.51. The first-order chi connectivity index (χ1) is 18.7. The third-order valence-corrected chi connectivity index (χ3v) is 6.72. The summed E-state index contributed by atoms with van der Waals surface area (Å²) < 4.78 is 29.0. The van der Waals surface area contributed by atoms with Crippen molar-refractivity contribution in [2.45, 2.75) is 162 Å². The van der Waals surface area contributed by atoms with Crippen LogP contribution < -0.4 is 0 Å². The molecule has 0 unspecified atom stereocenters. The summed E-state index contributed by atoms with van der Waals surface area (Å²) in [5.74, 6) is -6.29. The Balaban J connectivity index is 2.40. The molecule has 0 amide bonds. The second-order valence-corrected chi connectivity index (χ2v) is 14.3. The maximum absolute atomic E-state index is 13.9. The zero-order chi connectivity index (χ0) is 31.3. The van der Waals surface area contributed by atoms with Crippen molar-refractivity contribution in [2.24, 2.45) is 5.92 Å². The molecule has 1 fully saturated rings. The molecule has 9 nitrogen and oxygen atoms in total. The Bertz CT molecular complexity index is 992. The molecule has 2 heterocycles. The van der Waals surface area contributed by atoms with Crippen molar-refractivity contribution in [1.29, 1.82) is 0 Å². The molecule has 0 radical (unpaired) electrons. The van der Waals surface area contributed by atoms with Gasteiger partial charge in [0.25, 0.3) is 5.79 Å². The highest BCUT2D eigenvalue weighted by molar-refractivity contribution is 6.04. The SMILES string of the molecule is CCCCCCCCCC1=CO[C@@]2(C[C@H](C(=O)OC(C)(C)C)[C@@](CC(=O)OC(C)(C)C)(C(=O)OC(C)(C)C)O2)C1=O. The number of hydrogen-bond acceptors (Lipinski definition) is 9. The summed E-state index contributed by atoms with van der Waals surface area (Å²) in [7, 11) is 0. The Labute approximate surface area is 246 Å².